The molecule has 8 heteroatoms. The number of hydrogen-bond donors (Lipinski definition) is 3. The van der Waals surface area contributed by atoms with Gasteiger partial charge in [-0.25, -0.2) is 4.98 Å². The second-order valence-electron chi connectivity index (χ2n) is 3.78. The summed E-state index contributed by atoms with van der Waals surface area (Å²) >= 11 is 6.48. The van der Waals surface area contributed by atoms with Crippen LogP contribution in [0.2, 0.25) is 0 Å². The van der Waals surface area contributed by atoms with E-state index in [1.807, 2.05) is 6.07 Å². The average molecular weight is 362 g/mol. The van der Waals surface area contributed by atoms with Crippen molar-refractivity contribution in [1.29, 1.82) is 0 Å². The predicted molar refractivity (Wildman–Crippen MR) is 80.9 cm³/mol. The lowest BCUT2D eigenvalue weighted by Gasteiger charge is -2.02. The van der Waals surface area contributed by atoms with Crippen LogP contribution in [0.15, 0.2) is 21.3 Å². The molecule has 0 aliphatic carbocycles. The second kappa shape index (κ2) is 6.47. The lowest BCUT2D eigenvalue weighted by Crippen LogP contribution is -2.21. The molecule has 0 spiro atoms. The fourth-order valence-corrected chi connectivity index (χ4v) is 3.67. The van der Waals surface area contributed by atoms with Gasteiger partial charge in [0.2, 0.25) is 0 Å². The molecule has 0 aliphatic rings. The lowest BCUT2D eigenvalue weighted by molar-refractivity contribution is -0.138. The van der Waals surface area contributed by atoms with Gasteiger partial charge in [0, 0.05) is 16.8 Å². The molecular formula is C11H12BrN3O2S2. The first-order valence-corrected chi connectivity index (χ1v) is 7.97. The molecular weight excluding hydrogens is 350 g/mol. The van der Waals surface area contributed by atoms with Crippen molar-refractivity contribution in [2.75, 3.05) is 11.9 Å². The molecule has 0 saturated heterocycles. The molecule has 0 aliphatic heterocycles. The van der Waals surface area contributed by atoms with Gasteiger partial charge in [-0.1, -0.05) is 0 Å². The number of aliphatic carboxylic acids is 1. The van der Waals surface area contributed by atoms with Crippen molar-refractivity contribution in [3.63, 3.8) is 0 Å². The van der Waals surface area contributed by atoms with Crippen LogP contribution in [0.1, 0.15) is 16.6 Å². The lowest BCUT2D eigenvalue weighted by atomic mass is 10.2. The maximum Gasteiger partial charge on any atom is 0.326 e. The summed E-state index contributed by atoms with van der Waals surface area (Å²) in [6, 6.07) is 3.04. The zero-order chi connectivity index (χ0) is 13.8. The predicted octanol–water partition coefficient (Wildman–Crippen LogP) is 2.71. The van der Waals surface area contributed by atoms with Crippen molar-refractivity contribution in [3.05, 3.63) is 31.9 Å². The Bertz CT molecular complexity index is 570. The summed E-state index contributed by atoms with van der Waals surface area (Å²) in [6.07, 6.45) is 0.899. The number of carboxylic acids is 1. The largest absolute Gasteiger partial charge is 0.480 e. The van der Waals surface area contributed by atoms with Crippen molar-refractivity contribution in [2.24, 2.45) is 5.73 Å². The van der Waals surface area contributed by atoms with Crippen LogP contribution in [0.4, 0.5) is 5.13 Å². The number of nitrogens with one attached hydrogen (secondary N) is 1. The molecule has 0 bridgehead atoms. The molecule has 2 aromatic rings. The molecule has 0 fully saturated rings. The van der Waals surface area contributed by atoms with Gasteiger partial charge in [-0.05, 0) is 34.5 Å². The third-order valence-corrected chi connectivity index (χ3v) is 4.88. The molecule has 1 unspecified atom stereocenters. The molecule has 0 saturated carbocycles. The molecule has 5 nitrogen and oxygen atoms in total. The van der Waals surface area contributed by atoms with E-state index in [1.54, 1.807) is 16.7 Å². The number of hydrogen-bond acceptors (Lipinski definition) is 6. The van der Waals surface area contributed by atoms with Crippen LogP contribution in [-0.2, 0) is 11.2 Å². The van der Waals surface area contributed by atoms with Gasteiger partial charge in [0.05, 0.1) is 9.48 Å². The van der Waals surface area contributed by atoms with Gasteiger partial charge < -0.3 is 16.2 Å². The van der Waals surface area contributed by atoms with Crippen LogP contribution < -0.4 is 11.1 Å². The van der Waals surface area contributed by atoms with Crippen molar-refractivity contribution in [3.8, 4) is 0 Å². The highest BCUT2D eigenvalue weighted by molar-refractivity contribution is 9.11. The zero-order valence-electron chi connectivity index (χ0n) is 9.80. The Morgan fingerprint density at radius 2 is 2.37 bits per heavy atom. The highest BCUT2D eigenvalue weighted by atomic mass is 79.9. The number of nitrogens with two attached hydrogens (primary N) is 1. The molecule has 4 N–H and O–H groups in total. The van der Waals surface area contributed by atoms with Crippen molar-refractivity contribution in [2.45, 2.75) is 12.5 Å². The summed E-state index contributed by atoms with van der Waals surface area (Å²) < 4.78 is 1.12. The number of nitrogens with zero attached hydrogens (tertiary/aromatic N) is 1. The minimum atomic E-state index is -1.07. The number of carbonyl (C=O) groups is 1. The minimum Gasteiger partial charge on any atom is -0.480 e. The molecule has 0 aromatic carbocycles. The number of anilines is 1. The number of carboxylic acid groups (broad SMARTS) is 1. The molecule has 0 amide bonds. The van der Waals surface area contributed by atoms with E-state index in [0.29, 0.717) is 10.8 Å². The van der Waals surface area contributed by atoms with Crippen LogP contribution in [0, 0.1) is 0 Å². The van der Waals surface area contributed by atoms with Gasteiger partial charge in [-0.15, -0.1) is 22.7 Å². The number of thiazole rings is 1. The molecule has 2 aromatic heterocycles. The van der Waals surface area contributed by atoms with Crippen molar-refractivity contribution < 1.29 is 9.90 Å². The van der Waals surface area contributed by atoms with Gasteiger partial charge in [0.15, 0.2) is 5.13 Å². The molecule has 102 valence electrons. The third kappa shape index (κ3) is 4.00. The van der Waals surface area contributed by atoms with Crippen molar-refractivity contribution >= 4 is 49.7 Å². The topological polar surface area (TPSA) is 88.2 Å². The Labute approximate surface area is 126 Å². The summed E-state index contributed by atoms with van der Waals surface area (Å²) in [5.41, 5.74) is 5.87. The molecule has 1 atom stereocenters. The van der Waals surface area contributed by atoms with Gasteiger partial charge in [0.1, 0.15) is 6.04 Å². The third-order valence-electron chi connectivity index (χ3n) is 2.38. The van der Waals surface area contributed by atoms with Gasteiger partial charge in [-0.3, -0.25) is 4.79 Å². The van der Waals surface area contributed by atoms with E-state index in [4.69, 9.17) is 10.8 Å². The van der Waals surface area contributed by atoms with Crippen LogP contribution in [0.25, 0.3) is 0 Å². The van der Waals surface area contributed by atoms with Gasteiger partial charge in [0.25, 0.3) is 0 Å². The first kappa shape index (κ1) is 14.4. The first-order valence-electron chi connectivity index (χ1n) is 5.48. The Balaban J connectivity index is 1.85. The minimum absolute atomic E-state index is 0.388. The fraction of sp³-hybridized carbons (Fsp3) is 0.273. The van der Waals surface area contributed by atoms with E-state index in [9.17, 15) is 4.79 Å². The molecule has 2 rings (SSSR count). The van der Waals surface area contributed by atoms with E-state index in [-0.39, 0.29) is 0 Å². The van der Waals surface area contributed by atoms with Crippen LogP contribution in [0.3, 0.4) is 0 Å². The van der Waals surface area contributed by atoms with Crippen LogP contribution in [0.5, 0.6) is 0 Å². The summed E-state index contributed by atoms with van der Waals surface area (Å²) in [7, 11) is 0. The van der Waals surface area contributed by atoms with E-state index < -0.39 is 12.0 Å². The van der Waals surface area contributed by atoms with Gasteiger partial charge >= 0.3 is 5.97 Å². The standard InChI is InChI=1S/C11H12BrN3O2S2/c12-8-2-1-6(19-8)3-4-14-11-15-7(5-18-11)9(13)10(16)17/h1-2,5,9H,3-4,13H2,(H,14,15)(H,16,17). The smallest absolute Gasteiger partial charge is 0.326 e. The zero-order valence-corrected chi connectivity index (χ0v) is 13.0. The Hall–Kier alpha value is -0.960. The Morgan fingerprint density at radius 3 is 3.00 bits per heavy atom. The van der Waals surface area contributed by atoms with E-state index in [0.717, 1.165) is 16.8 Å². The second-order valence-corrected chi connectivity index (χ2v) is 7.18. The quantitative estimate of drug-likeness (QED) is 0.735. The highest BCUT2D eigenvalue weighted by Gasteiger charge is 2.17. The summed E-state index contributed by atoms with van der Waals surface area (Å²) in [5.74, 6) is -1.07. The first-order chi connectivity index (χ1) is 9.06. The number of thiophene rings is 1. The molecule has 2 heterocycles. The van der Waals surface area contributed by atoms with E-state index in [2.05, 4.69) is 32.3 Å². The van der Waals surface area contributed by atoms with Crippen molar-refractivity contribution in [1.82, 2.24) is 4.98 Å². The number of halogens is 1. The fourth-order valence-electron chi connectivity index (χ4n) is 1.42. The SMILES string of the molecule is NC(C(=O)O)c1csc(NCCc2ccc(Br)s2)n1. The maximum absolute atomic E-state index is 10.7. The summed E-state index contributed by atoms with van der Waals surface area (Å²) in [4.78, 5) is 16.2. The monoisotopic (exact) mass is 361 g/mol. The van der Waals surface area contributed by atoms with E-state index in [1.165, 1.54) is 16.2 Å². The Morgan fingerprint density at radius 1 is 1.58 bits per heavy atom. The van der Waals surface area contributed by atoms with E-state index >= 15 is 0 Å². The normalized spacial score (nSPS) is 12.3. The number of aromatic nitrogens is 1. The highest BCUT2D eigenvalue weighted by Crippen LogP contribution is 2.23. The summed E-state index contributed by atoms with van der Waals surface area (Å²) in [5, 5.41) is 14.3. The summed E-state index contributed by atoms with van der Waals surface area (Å²) in [6.45, 7) is 0.752. The van der Waals surface area contributed by atoms with Crippen LogP contribution in [-0.4, -0.2) is 22.6 Å². The molecule has 0 radical (unpaired) electrons. The number of rotatable bonds is 6. The molecule has 19 heavy (non-hydrogen) atoms. The average Bonchev–Trinajstić information content (AvgIpc) is 2.98. The maximum atomic E-state index is 10.7. The Kier molecular flexibility index (Phi) is 4.92. The van der Waals surface area contributed by atoms with Gasteiger partial charge in [-0.2, -0.15) is 0 Å². The van der Waals surface area contributed by atoms with Crippen LogP contribution >= 0.6 is 38.6 Å².